The molecule has 1 aliphatic heterocycles. The summed E-state index contributed by atoms with van der Waals surface area (Å²) in [4.78, 5) is 18.4. The standard InChI is InChI=1S/C26H33N3O4/c1-17(21-13-20(32-3)6-8-25(21)33-4)28-26(30)16-29-11-9-18(10-12-29)23-15-27-24-7-5-19(31-2)14-22(23)24/h5-8,13-15,17-18,27H,9-12,16H2,1-4H3,(H,28,30). The van der Waals surface area contributed by atoms with Crippen LogP contribution in [0.15, 0.2) is 42.6 Å². The highest BCUT2D eigenvalue weighted by atomic mass is 16.5. The lowest BCUT2D eigenvalue weighted by Gasteiger charge is -2.31. The van der Waals surface area contributed by atoms with E-state index < -0.39 is 0 Å². The molecule has 1 aliphatic rings. The van der Waals surface area contributed by atoms with Crippen molar-refractivity contribution in [3.8, 4) is 17.2 Å². The van der Waals surface area contributed by atoms with E-state index in [4.69, 9.17) is 14.2 Å². The zero-order valence-corrected chi connectivity index (χ0v) is 19.8. The molecule has 33 heavy (non-hydrogen) atoms. The van der Waals surface area contributed by atoms with E-state index >= 15 is 0 Å². The molecule has 1 atom stereocenters. The average molecular weight is 452 g/mol. The van der Waals surface area contributed by atoms with Gasteiger partial charge < -0.3 is 24.5 Å². The molecule has 3 aromatic rings. The fourth-order valence-electron chi connectivity index (χ4n) is 4.73. The smallest absolute Gasteiger partial charge is 0.234 e. The van der Waals surface area contributed by atoms with Crippen LogP contribution < -0.4 is 19.5 Å². The third-order valence-corrected chi connectivity index (χ3v) is 6.60. The van der Waals surface area contributed by atoms with Gasteiger partial charge in [-0.1, -0.05) is 0 Å². The Morgan fingerprint density at radius 1 is 1.06 bits per heavy atom. The second-order valence-corrected chi connectivity index (χ2v) is 8.60. The lowest BCUT2D eigenvalue weighted by Crippen LogP contribution is -2.41. The average Bonchev–Trinajstić information content (AvgIpc) is 3.27. The minimum atomic E-state index is -0.179. The molecule has 1 saturated heterocycles. The number of aromatic nitrogens is 1. The molecule has 2 aromatic carbocycles. The highest BCUT2D eigenvalue weighted by Gasteiger charge is 2.25. The van der Waals surface area contributed by atoms with Crippen LogP contribution in [0.2, 0.25) is 0 Å². The molecule has 0 saturated carbocycles. The van der Waals surface area contributed by atoms with Gasteiger partial charge >= 0.3 is 0 Å². The first-order valence-corrected chi connectivity index (χ1v) is 11.4. The van der Waals surface area contributed by atoms with Crippen molar-refractivity contribution in [2.24, 2.45) is 0 Å². The minimum Gasteiger partial charge on any atom is -0.497 e. The Labute approximate surface area is 195 Å². The molecule has 4 rings (SSSR count). The van der Waals surface area contributed by atoms with Crippen LogP contribution in [0.1, 0.15) is 42.9 Å². The Bertz CT molecular complexity index is 1100. The number of carbonyl (C=O) groups is 1. The van der Waals surface area contributed by atoms with Crippen molar-refractivity contribution in [3.63, 3.8) is 0 Å². The van der Waals surface area contributed by atoms with Gasteiger partial charge in [0, 0.05) is 22.7 Å². The molecule has 2 N–H and O–H groups in total. The Morgan fingerprint density at radius 3 is 2.45 bits per heavy atom. The van der Waals surface area contributed by atoms with Crippen LogP contribution in [0.25, 0.3) is 10.9 Å². The molecule has 1 unspecified atom stereocenters. The quantitative estimate of drug-likeness (QED) is 0.536. The molecule has 0 radical (unpaired) electrons. The monoisotopic (exact) mass is 451 g/mol. The molecule has 7 heteroatoms. The van der Waals surface area contributed by atoms with Crippen LogP contribution in [0.4, 0.5) is 0 Å². The number of amides is 1. The Kier molecular flexibility index (Phi) is 7.08. The van der Waals surface area contributed by atoms with Crippen molar-refractivity contribution in [3.05, 3.63) is 53.7 Å². The van der Waals surface area contributed by atoms with Crippen LogP contribution >= 0.6 is 0 Å². The number of rotatable bonds is 8. The summed E-state index contributed by atoms with van der Waals surface area (Å²) >= 11 is 0. The van der Waals surface area contributed by atoms with E-state index in [1.54, 1.807) is 21.3 Å². The summed E-state index contributed by atoms with van der Waals surface area (Å²) < 4.78 is 16.2. The molecule has 7 nitrogen and oxygen atoms in total. The number of hydrogen-bond acceptors (Lipinski definition) is 5. The van der Waals surface area contributed by atoms with Crippen LogP contribution in [0, 0.1) is 0 Å². The lowest BCUT2D eigenvalue weighted by molar-refractivity contribution is -0.123. The number of benzene rings is 2. The molecular weight excluding hydrogens is 418 g/mol. The minimum absolute atomic E-state index is 0.0163. The summed E-state index contributed by atoms with van der Waals surface area (Å²) in [6.07, 6.45) is 4.17. The number of fused-ring (bicyclic) bond motifs is 1. The van der Waals surface area contributed by atoms with Crippen molar-refractivity contribution in [1.29, 1.82) is 0 Å². The number of piperidine rings is 1. The van der Waals surface area contributed by atoms with Gasteiger partial charge in [-0.2, -0.15) is 0 Å². The fourth-order valence-corrected chi connectivity index (χ4v) is 4.73. The largest absolute Gasteiger partial charge is 0.497 e. The van der Waals surface area contributed by atoms with E-state index in [9.17, 15) is 4.79 Å². The predicted molar refractivity (Wildman–Crippen MR) is 129 cm³/mol. The van der Waals surface area contributed by atoms with Crippen LogP contribution in [-0.2, 0) is 4.79 Å². The van der Waals surface area contributed by atoms with Crippen molar-refractivity contribution >= 4 is 16.8 Å². The maximum Gasteiger partial charge on any atom is 0.234 e. The number of methoxy groups -OCH3 is 3. The number of nitrogens with one attached hydrogen (secondary N) is 2. The maximum absolute atomic E-state index is 12.8. The summed E-state index contributed by atoms with van der Waals surface area (Å²) in [5.41, 5.74) is 3.37. The predicted octanol–water partition coefficient (Wildman–Crippen LogP) is 4.25. The van der Waals surface area contributed by atoms with E-state index in [0.29, 0.717) is 12.5 Å². The third kappa shape index (κ3) is 5.09. The first-order chi connectivity index (χ1) is 16.0. The number of hydrogen-bond donors (Lipinski definition) is 2. The molecule has 0 aliphatic carbocycles. The second-order valence-electron chi connectivity index (χ2n) is 8.60. The van der Waals surface area contributed by atoms with Crippen molar-refractivity contribution in [1.82, 2.24) is 15.2 Å². The van der Waals surface area contributed by atoms with Crippen LogP contribution in [-0.4, -0.2) is 56.8 Å². The zero-order valence-electron chi connectivity index (χ0n) is 19.8. The van der Waals surface area contributed by atoms with Gasteiger partial charge in [0.05, 0.1) is 33.9 Å². The SMILES string of the molecule is COc1ccc(OC)c(C(C)NC(=O)CN2CCC(c3c[nH]c4ccc(OC)cc34)CC2)c1. The van der Waals surface area contributed by atoms with Gasteiger partial charge in [-0.3, -0.25) is 9.69 Å². The Hall–Kier alpha value is -3.19. The van der Waals surface area contributed by atoms with Crippen molar-refractivity contribution in [2.45, 2.75) is 31.7 Å². The molecule has 176 valence electrons. The molecular formula is C26H33N3O4. The van der Waals surface area contributed by atoms with E-state index in [0.717, 1.165) is 54.3 Å². The number of nitrogens with zero attached hydrogens (tertiary/aromatic N) is 1. The van der Waals surface area contributed by atoms with Gasteiger partial charge in [-0.25, -0.2) is 0 Å². The normalized spacial score (nSPS) is 15.9. The molecule has 0 bridgehead atoms. The maximum atomic E-state index is 12.8. The van der Waals surface area contributed by atoms with Gasteiger partial charge in [0.15, 0.2) is 0 Å². The Balaban J connectivity index is 1.33. The van der Waals surface area contributed by atoms with Crippen molar-refractivity contribution in [2.75, 3.05) is 41.0 Å². The van der Waals surface area contributed by atoms with Gasteiger partial charge in [-0.15, -0.1) is 0 Å². The number of likely N-dealkylation sites (tertiary alicyclic amines) is 1. The summed E-state index contributed by atoms with van der Waals surface area (Å²) in [7, 11) is 4.96. The zero-order chi connectivity index (χ0) is 23.4. The van der Waals surface area contributed by atoms with Gasteiger partial charge in [0.25, 0.3) is 0 Å². The molecule has 1 amide bonds. The van der Waals surface area contributed by atoms with Crippen LogP contribution in [0.5, 0.6) is 17.2 Å². The number of ether oxygens (including phenoxy) is 3. The molecule has 0 spiro atoms. The summed E-state index contributed by atoms with van der Waals surface area (Å²) in [6.45, 7) is 4.15. The summed E-state index contributed by atoms with van der Waals surface area (Å²) in [5, 5.41) is 4.34. The fraction of sp³-hybridized carbons (Fsp3) is 0.423. The number of carbonyl (C=O) groups excluding carboxylic acids is 1. The van der Waals surface area contributed by atoms with E-state index in [-0.39, 0.29) is 11.9 Å². The Morgan fingerprint density at radius 2 is 1.76 bits per heavy atom. The van der Waals surface area contributed by atoms with Gasteiger partial charge in [0.1, 0.15) is 17.2 Å². The topological polar surface area (TPSA) is 75.8 Å². The highest BCUT2D eigenvalue weighted by Crippen LogP contribution is 2.35. The van der Waals surface area contributed by atoms with E-state index in [1.165, 1.54) is 10.9 Å². The molecule has 1 fully saturated rings. The van der Waals surface area contributed by atoms with E-state index in [1.807, 2.05) is 31.2 Å². The van der Waals surface area contributed by atoms with Crippen molar-refractivity contribution < 1.29 is 19.0 Å². The van der Waals surface area contributed by atoms with Crippen LogP contribution in [0.3, 0.4) is 0 Å². The molecule has 2 heterocycles. The first-order valence-electron chi connectivity index (χ1n) is 11.4. The second kappa shape index (κ2) is 10.2. The number of H-pyrrole nitrogens is 1. The lowest BCUT2D eigenvalue weighted by atomic mass is 9.89. The first kappa shape index (κ1) is 23.0. The van der Waals surface area contributed by atoms with Gasteiger partial charge in [-0.05, 0) is 80.7 Å². The summed E-state index contributed by atoms with van der Waals surface area (Å²) in [5.74, 6) is 2.84. The molecule has 1 aromatic heterocycles. The third-order valence-electron chi connectivity index (χ3n) is 6.60. The van der Waals surface area contributed by atoms with E-state index in [2.05, 4.69) is 33.5 Å². The number of aromatic amines is 1. The highest BCUT2D eigenvalue weighted by molar-refractivity contribution is 5.85. The summed E-state index contributed by atoms with van der Waals surface area (Å²) in [6, 6.07) is 11.6. The van der Waals surface area contributed by atoms with Gasteiger partial charge in [0.2, 0.25) is 5.91 Å².